The second-order valence-corrected chi connectivity index (χ2v) is 6.07. The van der Waals surface area contributed by atoms with Crippen molar-refractivity contribution in [2.75, 3.05) is 5.73 Å². The highest BCUT2D eigenvalue weighted by Gasteiger charge is 2.41. The highest BCUT2D eigenvalue weighted by atomic mass is 79.9. The molecule has 4 rings (SSSR count). The van der Waals surface area contributed by atoms with Gasteiger partial charge >= 0.3 is 0 Å². The van der Waals surface area contributed by atoms with Crippen LogP contribution in [0.15, 0.2) is 47.1 Å². The van der Waals surface area contributed by atoms with Crippen LogP contribution in [-0.2, 0) is 0 Å². The van der Waals surface area contributed by atoms with Crippen LogP contribution in [0.5, 0.6) is 0 Å². The summed E-state index contributed by atoms with van der Waals surface area (Å²) in [5.41, 5.74) is 9.15. The minimum absolute atomic E-state index is 0.371. The van der Waals surface area contributed by atoms with Gasteiger partial charge in [0, 0.05) is 22.6 Å². The molecule has 2 N–H and O–H groups in total. The summed E-state index contributed by atoms with van der Waals surface area (Å²) in [4.78, 5) is 8.88. The van der Waals surface area contributed by atoms with Gasteiger partial charge in [-0.15, -0.1) is 0 Å². The Morgan fingerprint density at radius 1 is 1.25 bits per heavy atom. The number of hydrogen-bond acceptors (Lipinski definition) is 3. The maximum atomic E-state index is 6.08. The molecule has 1 fully saturated rings. The minimum Gasteiger partial charge on any atom is -0.369 e. The molecule has 0 spiro atoms. The van der Waals surface area contributed by atoms with Crippen molar-refractivity contribution in [3.63, 3.8) is 0 Å². The lowest BCUT2D eigenvalue weighted by molar-refractivity contribution is 0.743. The molecule has 1 saturated carbocycles. The predicted molar refractivity (Wildman–Crippen MR) is 82.5 cm³/mol. The van der Waals surface area contributed by atoms with Gasteiger partial charge in [-0.05, 0) is 34.0 Å². The Bertz CT molecular complexity index is 781. The second kappa shape index (κ2) is 4.31. The molecule has 2 atom stereocenters. The van der Waals surface area contributed by atoms with Crippen LogP contribution < -0.4 is 5.73 Å². The standard InChI is InChI=1S/C15H13BrN4/c16-10-6-12-14(18-8-10)20(15(17)19-12)13-7-11(13)9-4-2-1-3-5-9/h1-6,8,11,13H,7H2,(H2,17,19). The molecule has 100 valence electrons. The van der Waals surface area contributed by atoms with Crippen molar-refractivity contribution < 1.29 is 0 Å². The lowest BCUT2D eigenvalue weighted by atomic mass is 10.1. The number of nitrogens with two attached hydrogens (primary N) is 1. The fourth-order valence-electron chi connectivity index (χ4n) is 2.83. The summed E-state index contributed by atoms with van der Waals surface area (Å²) in [6, 6.07) is 12.9. The number of imidazole rings is 1. The number of halogens is 1. The summed E-state index contributed by atoms with van der Waals surface area (Å²) >= 11 is 3.41. The van der Waals surface area contributed by atoms with E-state index in [2.05, 4.69) is 54.7 Å². The Balaban J connectivity index is 1.76. The first kappa shape index (κ1) is 11.9. The Kier molecular flexibility index (Phi) is 2.57. The second-order valence-electron chi connectivity index (χ2n) is 5.16. The highest BCUT2D eigenvalue weighted by molar-refractivity contribution is 9.10. The molecule has 1 aliphatic carbocycles. The van der Waals surface area contributed by atoms with E-state index >= 15 is 0 Å². The number of anilines is 1. The molecule has 1 aliphatic rings. The van der Waals surface area contributed by atoms with Crippen LogP contribution in [0.1, 0.15) is 23.9 Å². The maximum absolute atomic E-state index is 6.08. The molecule has 0 amide bonds. The Hall–Kier alpha value is -1.88. The molecule has 2 heterocycles. The van der Waals surface area contributed by atoms with Crippen molar-refractivity contribution in [1.82, 2.24) is 14.5 Å². The largest absolute Gasteiger partial charge is 0.369 e. The minimum atomic E-state index is 0.371. The van der Waals surface area contributed by atoms with E-state index in [1.165, 1.54) is 5.56 Å². The summed E-state index contributed by atoms with van der Waals surface area (Å²) in [7, 11) is 0. The number of pyridine rings is 1. The third kappa shape index (κ3) is 1.81. The van der Waals surface area contributed by atoms with Crippen molar-refractivity contribution in [2.24, 2.45) is 0 Å². The van der Waals surface area contributed by atoms with Gasteiger partial charge in [0.2, 0.25) is 5.95 Å². The van der Waals surface area contributed by atoms with Crippen molar-refractivity contribution in [3.05, 3.63) is 52.6 Å². The van der Waals surface area contributed by atoms with Gasteiger partial charge in [0.25, 0.3) is 0 Å². The monoisotopic (exact) mass is 328 g/mol. The molecule has 0 radical (unpaired) electrons. The number of rotatable bonds is 2. The van der Waals surface area contributed by atoms with Crippen LogP contribution in [0.2, 0.25) is 0 Å². The zero-order valence-corrected chi connectivity index (χ0v) is 12.3. The molecular formula is C15H13BrN4. The highest BCUT2D eigenvalue weighted by Crippen LogP contribution is 2.53. The van der Waals surface area contributed by atoms with Crippen LogP contribution in [0.4, 0.5) is 5.95 Å². The van der Waals surface area contributed by atoms with Crippen molar-refractivity contribution >= 4 is 33.0 Å². The summed E-state index contributed by atoms with van der Waals surface area (Å²) in [6.07, 6.45) is 2.89. The first-order valence-electron chi connectivity index (χ1n) is 6.58. The normalized spacial score (nSPS) is 21.2. The average molecular weight is 329 g/mol. The van der Waals surface area contributed by atoms with Crippen LogP contribution in [0.3, 0.4) is 0 Å². The van der Waals surface area contributed by atoms with E-state index in [1.807, 2.05) is 12.1 Å². The van der Waals surface area contributed by atoms with Crippen molar-refractivity contribution in [2.45, 2.75) is 18.4 Å². The summed E-state index contributed by atoms with van der Waals surface area (Å²) in [6.45, 7) is 0. The van der Waals surface area contributed by atoms with E-state index in [0.29, 0.717) is 17.9 Å². The molecule has 2 unspecified atom stereocenters. The SMILES string of the molecule is Nc1nc2cc(Br)cnc2n1C1CC1c1ccccc1. The fourth-order valence-corrected chi connectivity index (χ4v) is 3.15. The number of aromatic nitrogens is 3. The van der Waals surface area contributed by atoms with Gasteiger partial charge < -0.3 is 5.73 Å². The van der Waals surface area contributed by atoms with Gasteiger partial charge in [-0.25, -0.2) is 9.97 Å². The number of fused-ring (bicyclic) bond motifs is 1. The lowest BCUT2D eigenvalue weighted by Gasteiger charge is -2.05. The van der Waals surface area contributed by atoms with Crippen LogP contribution >= 0.6 is 15.9 Å². The summed E-state index contributed by atoms with van der Waals surface area (Å²) in [5.74, 6) is 1.07. The van der Waals surface area contributed by atoms with E-state index in [4.69, 9.17) is 5.73 Å². The Morgan fingerprint density at radius 3 is 2.85 bits per heavy atom. The molecule has 1 aromatic carbocycles. The number of nitrogens with zero attached hydrogens (tertiary/aromatic N) is 3. The average Bonchev–Trinajstić information content (AvgIpc) is 3.16. The topological polar surface area (TPSA) is 56.7 Å². The molecule has 20 heavy (non-hydrogen) atoms. The maximum Gasteiger partial charge on any atom is 0.202 e. The van der Waals surface area contributed by atoms with Crippen LogP contribution in [0.25, 0.3) is 11.2 Å². The third-order valence-electron chi connectivity index (χ3n) is 3.84. The molecule has 0 saturated heterocycles. The first-order chi connectivity index (χ1) is 9.74. The van der Waals surface area contributed by atoms with E-state index in [-0.39, 0.29) is 0 Å². The van der Waals surface area contributed by atoms with E-state index < -0.39 is 0 Å². The number of benzene rings is 1. The van der Waals surface area contributed by atoms with Gasteiger partial charge in [-0.2, -0.15) is 0 Å². The molecular weight excluding hydrogens is 316 g/mol. The summed E-state index contributed by atoms with van der Waals surface area (Å²) < 4.78 is 2.99. The molecule has 0 bridgehead atoms. The number of nitrogen functional groups attached to an aromatic ring is 1. The van der Waals surface area contributed by atoms with E-state index in [0.717, 1.165) is 22.1 Å². The molecule has 0 aliphatic heterocycles. The smallest absolute Gasteiger partial charge is 0.202 e. The first-order valence-corrected chi connectivity index (χ1v) is 7.37. The van der Waals surface area contributed by atoms with Crippen molar-refractivity contribution in [3.8, 4) is 0 Å². The van der Waals surface area contributed by atoms with Crippen LogP contribution in [0, 0.1) is 0 Å². The molecule has 5 heteroatoms. The molecule has 3 aromatic rings. The molecule has 2 aromatic heterocycles. The van der Waals surface area contributed by atoms with Gasteiger partial charge in [0.1, 0.15) is 5.52 Å². The van der Waals surface area contributed by atoms with E-state index in [9.17, 15) is 0 Å². The predicted octanol–water partition coefficient (Wildman–Crippen LogP) is 3.50. The van der Waals surface area contributed by atoms with Gasteiger partial charge in [0.15, 0.2) is 5.65 Å². The van der Waals surface area contributed by atoms with Gasteiger partial charge in [0.05, 0.1) is 0 Å². The Morgan fingerprint density at radius 2 is 2.05 bits per heavy atom. The van der Waals surface area contributed by atoms with E-state index in [1.54, 1.807) is 6.20 Å². The summed E-state index contributed by atoms with van der Waals surface area (Å²) in [5, 5.41) is 0. The molecule has 4 nitrogen and oxygen atoms in total. The zero-order valence-electron chi connectivity index (χ0n) is 10.7. The van der Waals surface area contributed by atoms with Gasteiger partial charge in [-0.1, -0.05) is 30.3 Å². The third-order valence-corrected chi connectivity index (χ3v) is 4.27. The van der Waals surface area contributed by atoms with Crippen LogP contribution in [-0.4, -0.2) is 14.5 Å². The lowest BCUT2D eigenvalue weighted by Crippen LogP contribution is -2.03. The van der Waals surface area contributed by atoms with Crippen molar-refractivity contribution in [1.29, 1.82) is 0 Å². The number of hydrogen-bond donors (Lipinski definition) is 1. The zero-order chi connectivity index (χ0) is 13.7. The quantitative estimate of drug-likeness (QED) is 0.783. The Labute approximate surface area is 124 Å². The van der Waals surface area contributed by atoms with Gasteiger partial charge in [-0.3, -0.25) is 4.57 Å². The fraction of sp³-hybridized carbons (Fsp3) is 0.200.